The maximum atomic E-state index is 11.2. The minimum atomic E-state index is -0.290. The van der Waals surface area contributed by atoms with E-state index in [-0.39, 0.29) is 28.5 Å². The molecule has 1 saturated heterocycles. The van der Waals surface area contributed by atoms with Crippen LogP contribution in [-0.4, -0.2) is 28.2 Å². The molecule has 3 nitrogen and oxygen atoms in total. The fourth-order valence-electron chi connectivity index (χ4n) is 4.72. The Kier molecular flexibility index (Phi) is 9.22. The number of aliphatic hydroxyl groups is 1. The van der Waals surface area contributed by atoms with Crippen LogP contribution in [0.5, 0.6) is 0 Å². The molecule has 0 radical (unpaired) electrons. The second-order valence-electron chi connectivity index (χ2n) is 10.6. The summed E-state index contributed by atoms with van der Waals surface area (Å²) in [6.45, 7) is 16.1. The number of hydrogen-bond donors (Lipinski definition) is 1. The van der Waals surface area contributed by atoms with Crippen LogP contribution in [0.25, 0.3) is 0 Å². The molecule has 1 saturated carbocycles. The number of allylic oxidation sites excluding steroid dienone is 15. The predicted molar refractivity (Wildman–Crippen MR) is 144 cm³/mol. The van der Waals surface area contributed by atoms with Gasteiger partial charge in [-0.2, -0.15) is 0 Å². The number of fused-ring (bicyclic) bond motifs is 1. The average Bonchev–Trinajstić information content (AvgIpc) is 3.35. The highest BCUT2D eigenvalue weighted by molar-refractivity contribution is 5.92. The summed E-state index contributed by atoms with van der Waals surface area (Å²) in [5, 5.41) is 10.2. The Morgan fingerprint density at radius 1 is 0.765 bits per heavy atom. The summed E-state index contributed by atoms with van der Waals surface area (Å²) >= 11 is 0. The maximum Gasteiger partial charge on any atom is 0.155 e. The standard InChI is InChI=1S/C31H42O3/c1-23(13-9-10-14-24(2)17-12-18-26(4)27(5)32)15-11-16-25(3)19-20-31-29(6,7)21-28(33)22-30(31,8)34-31/h9-20,28,33H,21-22H2,1-8H3/b10-9+,15-11+,17-12+,20-19+,23-13+,24-14+,25-16+,26-18+. The van der Waals surface area contributed by atoms with Crippen molar-refractivity contribution in [1.29, 1.82) is 0 Å². The van der Waals surface area contributed by atoms with E-state index < -0.39 is 0 Å². The van der Waals surface area contributed by atoms with Crippen LogP contribution in [0.1, 0.15) is 68.2 Å². The third-order valence-corrected chi connectivity index (χ3v) is 6.90. The molecule has 34 heavy (non-hydrogen) atoms. The topological polar surface area (TPSA) is 49.8 Å². The van der Waals surface area contributed by atoms with Gasteiger partial charge in [0.05, 0.1) is 6.10 Å². The van der Waals surface area contributed by atoms with Crippen molar-refractivity contribution in [3.8, 4) is 0 Å². The summed E-state index contributed by atoms with van der Waals surface area (Å²) in [6, 6.07) is 0. The molecular weight excluding hydrogens is 420 g/mol. The van der Waals surface area contributed by atoms with Gasteiger partial charge >= 0.3 is 0 Å². The Balaban J connectivity index is 1.92. The highest BCUT2D eigenvalue weighted by Gasteiger charge is 2.74. The van der Waals surface area contributed by atoms with Gasteiger partial charge in [0.25, 0.3) is 0 Å². The first-order chi connectivity index (χ1) is 15.8. The van der Waals surface area contributed by atoms with E-state index in [1.54, 1.807) is 6.92 Å². The van der Waals surface area contributed by atoms with E-state index in [1.807, 2.05) is 50.3 Å². The second-order valence-corrected chi connectivity index (χ2v) is 10.6. The number of carbonyl (C=O) groups is 1. The molecule has 3 unspecified atom stereocenters. The van der Waals surface area contributed by atoms with E-state index in [9.17, 15) is 9.90 Å². The fourth-order valence-corrected chi connectivity index (χ4v) is 4.72. The number of carbonyl (C=O) groups excluding carboxylic acids is 1. The SMILES string of the molecule is CC(=O)/C(C)=C/C=C/C(C)=C/C=C/C=C(C)/C=C/C=C(C)/C=C/C12OC1(C)CC(O)CC2(C)C. The first-order valence-electron chi connectivity index (χ1n) is 12.1. The van der Waals surface area contributed by atoms with Crippen molar-refractivity contribution >= 4 is 5.78 Å². The molecule has 3 heteroatoms. The van der Waals surface area contributed by atoms with Crippen LogP contribution in [0.3, 0.4) is 0 Å². The van der Waals surface area contributed by atoms with E-state index in [0.717, 1.165) is 28.7 Å². The molecule has 184 valence electrons. The lowest BCUT2D eigenvalue weighted by molar-refractivity contribution is -0.113. The second kappa shape index (κ2) is 11.3. The minimum absolute atomic E-state index is 0.0921. The molecule has 0 spiro atoms. The van der Waals surface area contributed by atoms with Crippen molar-refractivity contribution in [2.75, 3.05) is 0 Å². The molecule has 0 aromatic heterocycles. The molecule has 0 amide bonds. The first-order valence-corrected chi connectivity index (χ1v) is 12.1. The van der Waals surface area contributed by atoms with Crippen LogP contribution < -0.4 is 0 Å². The summed E-state index contributed by atoms with van der Waals surface area (Å²) in [5.41, 5.74) is 3.53. The van der Waals surface area contributed by atoms with Gasteiger partial charge in [-0.25, -0.2) is 0 Å². The fraction of sp³-hybridized carbons (Fsp3) is 0.452. The number of Topliss-reactive ketones (excluding diaryl/α,β-unsaturated/α-hetero) is 1. The van der Waals surface area contributed by atoms with Gasteiger partial charge in [-0.15, -0.1) is 0 Å². The smallest absolute Gasteiger partial charge is 0.155 e. The summed E-state index contributed by atoms with van der Waals surface area (Å²) in [4.78, 5) is 11.2. The van der Waals surface area contributed by atoms with Gasteiger partial charge in [-0.1, -0.05) is 97.4 Å². The summed E-state index contributed by atoms with van der Waals surface area (Å²) < 4.78 is 6.21. The quantitative estimate of drug-likeness (QED) is 0.222. The molecule has 3 atom stereocenters. The van der Waals surface area contributed by atoms with Crippen LogP contribution in [0.2, 0.25) is 0 Å². The minimum Gasteiger partial charge on any atom is -0.393 e. The molecule has 2 fully saturated rings. The number of rotatable bonds is 9. The normalized spacial score (nSPS) is 30.7. The lowest BCUT2D eigenvalue weighted by atomic mass is 9.63. The van der Waals surface area contributed by atoms with Crippen LogP contribution >= 0.6 is 0 Å². The average molecular weight is 463 g/mol. The molecular formula is C31H42O3. The van der Waals surface area contributed by atoms with Crippen molar-refractivity contribution in [3.05, 3.63) is 95.2 Å². The lowest BCUT2D eigenvalue weighted by Crippen LogP contribution is -2.46. The zero-order valence-electron chi connectivity index (χ0n) is 22.2. The highest BCUT2D eigenvalue weighted by atomic mass is 16.6. The number of aliphatic hydroxyl groups excluding tert-OH is 1. The Bertz CT molecular complexity index is 1010. The van der Waals surface area contributed by atoms with Crippen molar-refractivity contribution in [2.24, 2.45) is 5.41 Å². The van der Waals surface area contributed by atoms with Crippen LogP contribution in [-0.2, 0) is 9.53 Å². The lowest BCUT2D eigenvalue weighted by Gasteiger charge is -2.39. The largest absolute Gasteiger partial charge is 0.393 e. The van der Waals surface area contributed by atoms with Gasteiger partial charge in [0, 0.05) is 11.8 Å². The van der Waals surface area contributed by atoms with Crippen molar-refractivity contribution in [1.82, 2.24) is 0 Å². The van der Waals surface area contributed by atoms with Crippen molar-refractivity contribution in [2.45, 2.75) is 85.5 Å². The third-order valence-electron chi connectivity index (χ3n) is 6.90. The van der Waals surface area contributed by atoms with Crippen LogP contribution in [0.4, 0.5) is 0 Å². The van der Waals surface area contributed by atoms with Gasteiger partial charge in [-0.05, 0) is 59.6 Å². The zero-order chi connectivity index (χ0) is 25.6. The number of ketones is 1. The van der Waals surface area contributed by atoms with E-state index in [1.165, 1.54) is 0 Å². The van der Waals surface area contributed by atoms with Gasteiger partial charge in [0.1, 0.15) is 11.2 Å². The Labute approximate surface area is 206 Å². The number of hydrogen-bond acceptors (Lipinski definition) is 3. The van der Waals surface area contributed by atoms with Gasteiger partial charge in [0.2, 0.25) is 0 Å². The molecule has 0 aromatic rings. The van der Waals surface area contributed by atoms with Gasteiger partial charge in [-0.3, -0.25) is 4.79 Å². The summed E-state index contributed by atoms with van der Waals surface area (Å²) in [7, 11) is 0. The third kappa shape index (κ3) is 7.01. The molecule has 0 aromatic carbocycles. The van der Waals surface area contributed by atoms with E-state index >= 15 is 0 Å². The summed E-state index contributed by atoms with van der Waals surface area (Å²) in [5.74, 6) is 0.0921. The van der Waals surface area contributed by atoms with Crippen molar-refractivity contribution in [3.63, 3.8) is 0 Å². The van der Waals surface area contributed by atoms with Crippen LogP contribution in [0, 0.1) is 5.41 Å². The number of ether oxygens (including phenoxy) is 1. The molecule has 1 aliphatic heterocycles. The first kappa shape index (κ1) is 27.8. The maximum absolute atomic E-state index is 11.2. The molecule has 2 rings (SSSR count). The van der Waals surface area contributed by atoms with E-state index in [0.29, 0.717) is 6.42 Å². The predicted octanol–water partition coefficient (Wildman–Crippen LogP) is 7.29. The van der Waals surface area contributed by atoms with E-state index in [2.05, 4.69) is 71.1 Å². The number of epoxide rings is 1. The van der Waals surface area contributed by atoms with Crippen LogP contribution in [0.15, 0.2) is 95.2 Å². The zero-order valence-corrected chi connectivity index (χ0v) is 22.2. The monoisotopic (exact) mass is 462 g/mol. The molecule has 2 aliphatic rings. The highest BCUT2D eigenvalue weighted by Crippen LogP contribution is 2.66. The van der Waals surface area contributed by atoms with E-state index in [4.69, 9.17) is 4.74 Å². The Hall–Kier alpha value is -2.49. The van der Waals surface area contributed by atoms with Gasteiger partial charge < -0.3 is 9.84 Å². The molecule has 1 N–H and O–H groups in total. The molecule has 0 bridgehead atoms. The molecule has 1 aliphatic carbocycles. The van der Waals surface area contributed by atoms with Crippen molar-refractivity contribution < 1.29 is 14.6 Å². The summed E-state index contributed by atoms with van der Waals surface area (Å²) in [6.07, 6.45) is 25.6. The Morgan fingerprint density at radius 2 is 1.26 bits per heavy atom. The molecule has 1 heterocycles. The Morgan fingerprint density at radius 3 is 1.79 bits per heavy atom. The van der Waals surface area contributed by atoms with Gasteiger partial charge in [0.15, 0.2) is 5.78 Å².